The molecule has 1 atom stereocenters. The van der Waals surface area contributed by atoms with Crippen molar-refractivity contribution in [2.75, 3.05) is 31.1 Å². The number of rotatable bonds is 2. The Labute approximate surface area is 143 Å². The van der Waals surface area contributed by atoms with Gasteiger partial charge >= 0.3 is 6.03 Å². The van der Waals surface area contributed by atoms with Crippen LogP contribution in [0.25, 0.3) is 11.0 Å². The van der Waals surface area contributed by atoms with Gasteiger partial charge in [0.1, 0.15) is 11.9 Å². The van der Waals surface area contributed by atoms with Crippen LogP contribution in [0.2, 0.25) is 5.02 Å². The number of hydrogen-bond donors (Lipinski definition) is 0. The van der Waals surface area contributed by atoms with Gasteiger partial charge in [-0.25, -0.2) is 14.8 Å². The number of hydrogen-bond acceptors (Lipinski definition) is 5. The van der Waals surface area contributed by atoms with Gasteiger partial charge in [0.25, 0.3) is 5.91 Å². The van der Waals surface area contributed by atoms with E-state index in [9.17, 15) is 9.59 Å². The Morgan fingerprint density at radius 3 is 2.92 bits per heavy atom. The van der Waals surface area contributed by atoms with Crippen molar-refractivity contribution in [1.29, 1.82) is 0 Å². The van der Waals surface area contributed by atoms with E-state index in [1.807, 2.05) is 30.0 Å². The van der Waals surface area contributed by atoms with E-state index in [0.29, 0.717) is 36.8 Å². The lowest BCUT2D eigenvalue weighted by atomic mass is 10.2. The van der Waals surface area contributed by atoms with Gasteiger partial charge in [-0.1, -0.05) is 11.6 Å². The van der Waals surface area contributed by atoms with Crippen molar-refractivity contribution in [3.05, 3.63) is 29.4 Å². The summed E-state index contributed by atoms with van der Waals surface area (Å²) in [4.78, 5) is 38.4. The monoisotopic (exact) mass is 345 g/mol. The topological polar surface area (TPSA) is 69.6 Å². The molecule has 0 radical (unpaired) electrons. The van der Waals surface area contributed by atoms with Crippen LogP contribution in [0.4, 0.5) is 10.6 Å². The highest BCUT2D eigenvalue weighted by Crippen LogP contribution is 2.26. The normalized spacial score (nSPS) is 20.9. The molecule has 3 amide bonds. The van der Waals surface area contributed by atoms with Crippen molar-refractivity contribution in [2.24, 2.45) is 0 Å². The second-order valence-electron chi connectivity index (χ2n) is 5.89. The van der Waals surface area contributed by atoms with Gasteiger partial charge in [0, 0.05) is 37.8 Å². The number of amides is 3. The van der Waals surface area contributed by atoms with Crippen molar-refractivity contribution >= 4 is 40.4 Å². The third-order valence-corrected chi connectivity index (χ3v) is 4.75. The van der Waals surface area contributed by atoms with Gasteiger partial charge in [-0.05, 0) is 25.1 Å². The molecule has 24 heavy (non-hydrogen) atoms. The Bertz CT molecular complexity index is 842. The SMILES string of the molecule is CCN1C(=O)C2CN(c3ccc4cc(Cl)cnc4n3)CCN2C1=O. The lowest BCUT2D eigenvalue weighted by Gasteiger charge is -2.36. The summed E-state index contributed by atoms with van der Waals surface area (Å²) in [5.41, 5.74) is 0.614. The van der Waals surface area contributed by atoms with Crippen LogP contribution in [-0.2, 0) is 4.79 Å². The number of carbonyl (C=O) groups is 2. The van der Waals surface area contributed by atoms with E-state index < -0.39 is 6.04 Å². The number of pyridine rings is 2. The summed E-state index contributed by atoms with van der Waals surface area (Å²) in [5.74, 6) is 0.630. The zero-order chi connectivity index (χ0) is 16.8. The van der Waals surface area contributed by atoms with E-state index in [-0.39, 0.29) is 11.9 Å². The number of urea groups is 1. The zero-order valence-corrected chi connectivity index (χ0v) is 13.9. The van der Waals surface area contributed by atoms with E-state index in [2.05, 4.69) is 9.97 Å². The van der Waals surface area contributed by atoms with Gasteiger partial charge in [-0.3, -0.25) is 9.69 Å². The highest BCUT2D eigenvalue weighted by atomic mass is 35.5. The first-order valence-electron chi connectivity index (χ1n) is 7.87. The Kier molecular flexibility index (Phi) is 3.53. The number of likely N-dealkylation sites (N-methyl/N-ethyl adjacent to an activating group) is 1. The number of halogens is 1. The number of nitrogens with zero attached hydrogens (tertiary/aromatic N) is 5. The first kappa shape index (κ1) is 15.1. The molecule has 0 spiro atoms. The maximum Gasteiger partial charge on any atom is 0.327 e. The fourth-order valence-corrected chi connectivity index (χ4v) is 3.47. The Hall–Kier alpha value is -2.41. The maximum atomic E-state index is 12.4. The Morgan fingerprint density at radius 1 is 1.29 bits per heavy atom. The molecule has 0 N–H and O–H groups in total. The highest BCUT2D eigenvalue weighted by Gasteiger charge is 2.47. The first-order chi connectivity index (χ1) is 11.6. The van der Waals surface area contributed by atoms with Gasteiger partial charge in [0.15, 0.2) is 5.65 Å². The summed E-state index contributed by atoms with van der Waals surface area (Å²) in [7, 11) is 0. The largest absolute Gasteiger partial charge is 0.352 e. The van der Waals surface area contributed by atoms with E-state index in [1.165, 1.54) is 4.90 Å². The van der Waals surface area contributed by atoms with E-state index >= 15 is 0 Å². The molecule has 4 heterocycles. The molecule has 8 heteroatoms. The molecule has 2 saturated heterocycles. The molecule has 0 aromatic carbocycles. The number of aromatic nitrogens is 2. The number of imide groups is 1. The number of anilines is 1. The van der Waals surface area contributed by atoms with Crippen molar-refractivity contribution in [2.45, 2.75) is 13.0 Å². The molecule has 2 aliphatic heterocycles. The van der Waals surface area contributed by atoms with Crippen molar-refractivity contribution in [3.8, 4) is 0 Å². The van der Waals surface area contributed by atoms with Crippen LogP contribution in [0.15, 0.2) is 24.4 Å². The van der Waals surface area contributed by atoms with E-state index in [4.69, 9.17) is 11.6 Å². The fraction of sp³-hybridized carbons (Fsp3) is 0.375. The molecule has 124 valence electrons. The van der Waals surface area contributed by atoms with Gasteiger partial charge < -0.3 is 9.80 Å². The van der Waals surface area contributed by atoms with Crippen LogP contribution in [0.3, 0.4) is 0 Å². The predicted octanol–water partition coefficient (Wildman–Crippen LogP) is 1.76. The molecule has 0 aliphatic carbocycles. The van der Waals surface area contributed by atoms with Crippen LogP contribution >= 0.6 is 11.6 Å². The van der Waals surface area contributed by atoms with Crippen molar-refractivity contribution < 1.29 is 9.59 Å². The predicted molar refractivity (Wildman–Crippen MR) is 90.0 cm³/mol. The molecule has 2 aliphatic rings. The van der Waals surface area contributed by atoms with Gasteiger partial charge in [-0.2, -0.15) is 0 Å². The summed E-state index contributed by atoms with van der Waals surface area (Å²) in [6.45, 7) is 3.82. The zero-order valence-electron chi connectivity index (χ0n) is 13.1. The average Bonchev–Trinajstić information content (AvgIpc) is 2.84. The number of piperazine rings is 1. The van der Waals surface area contributed by atoms with Gasteiger partial charge in [0.05, 0.1) is 5.02 Å². The van der Waals surface area contributed by atoms with Gasteiger partial charge in [0.2, 0.25) is 0 Å². The average molecular weight is 346 g/mol. The molecular formula is C16H16ClN5O2. The molecule has 1 unspecified atom stereocenters. The molecule has 4 rings (SSSR count). The van der Waals surface area contributed by atoms with Crippen molar-refractivity contribution in [1.82, 2.24) is 19.8 Å². The summed E-state index contributed by atoms with van der Waals surface area (Å²) in [6.07, 6.45) is 1.57. The molecule has 2 aromatic heterocycles. The fourth-order valence-electron chi connectivity index (χ4n) is 3.30. The molecule has 0 saturated carbocycles. The maximum absolute atomic E-state index is 12.4. The molecule has 7 nitrogen and oxygen atoms in total. The summed E-state index contributed by atoms with van der Waals surface area (Å²) in [5, 5.41) is 1.44. The van der Waals surface area contributed by atoms with E-state index in [0.717, 1.165) is 11.2 Å². The summed E-state index contributed by atoms with van der Waals surface area (Å²) >= 11 is 5.94. The summed E-state index contributed by atoms with van der Waals surface area (Å²) in [6, 6.07) is 5.02. The molecule has 2 aromatic rings. The van der Waals surface area contributed by atoms with Crippen LogP contribution in [0.1, 0.15) is 6.92 Å². The third kappa shape index (κ3) is 2.27. The molecule has 2 fully saturated rings. The Balaban J connectivity index is 1.61. The summed E-state index contributed by atoms with van der Waals surface area (Å²) < 4.78 is 0. The van der Waals surface area contributed by atoms with Crippen LogP contribution in [0, 0.1) is 0 Å². The van der Waals surface area contributed by atoms with Crippen LogP contribution in [-0.4, -0.2) is 63.9 Å². The smallest absolute Gasteiger partial charge is 0.327 e. The molecule has 0 bridgehead atoms. The minimum absolute atomic E-state index is 0.127. The van der Waals surface area contributed by atoms with Crippen LogP contribution in [0.5, 0.6) is 0 Å². The first-order valence-corrected chi connectivity index (χ1v) is 8.25. The lowest BCUT2D eigenvalue weighted by molar-refractivity contribution is -0.128. The number of fused-ring (bicyclic) bond motifs is 2. The minimum atomic E-state index is -0.429. The van der Waals surface area contributed by atoms with E-state index in [1.54, 1.807) is 11.1 Å². The number of carbonyl (C=O) groups excluding carboxylic acids is 2. The highest BCUT2D eigenvalue weighted by molar-refractivity contribution is 6.31. The quantitative estimate of drug-likeness (QED) is 0.776. The van der Waals surface area contributed by atoms with Crippen molar-refractivity contribution in [3.63, 3.8) is 0 Å². The third-order valence-electron chi connectivity index (χ3n) is 4.54. The Morgan fingerprint density at radius 2 is 2.12 bits per heavy atom. The molecular weight excluding hydrogens is 330 g/mol. The second-order valence-corrected chi connectivity index (χ2v) is 6.33. The standard InChI is InChI=1S/C16H16ClN5O2/c1-2-21-15(23)12-9-20(5-6-22(12)16(21)24)13-4-3-10-7-11(17)8-18-14(10)19-13/h3-4,7-8,12H,2,5-6,9H2,1H3. The minimum Gasteiger partial charge on any atom is -0.352 e. The second kappa shape index (κ2) is 5.59. The lowest BCUT2D eigenvalue weighted by Crippen LogP contribution is -2.53. The van der Waals surface area contributed by atoms with Crippen LogP contribution < -0.4 is 4.90 Å². The van der Waals surface area contributed by atoms with Gasteiger partial charge in [-0.15, -0.1) is 0 Å².